The van der Waals surface area contributed by atoms with Gasteiger partial charge in [0.05, 0.1) is 16.6 Å². The number of hydrogen-bond acceptors (Lipinski definition) is 5. The highest BCUT2D eigenvalue weighted by molar-refractivity contribution is 5.91. The fourth-order valence-corrected chi connectivity index (χ4v) is 3.59. The third-order valence-electron chi connectivity index (χ3n) is 5.34. The Morgan fingerprint density at radius 1 is 1.06 bits per heavy atom. The molecule has 1 N–H and O–H groups in total. The van der Waals surface area contributed by atoms with Crippen LogP contribution in [0.2, 0.25) is 0 Å². The zero-order valence-corrected chi connectivity index (χ0v) is 18.0. The highest BCUT2D eigenvalue weighted by Gasteiger charge is 2.17. The van der Waals surface area contributed by atoms with Crippen LogP contribution in [0.25, 0.3) is 28.3 Å². The summed E-state index contributed by atoms with van der Waals surface area (Å²) in [6.07, 6.45) is 3.13. The fourth-order valence-electron chi connectivity index (χ4n) is 3.59. The number of benzene rings is 2. The lowest BCUT2D eigenvalue weighted by molar-refractivity contribution is 0.460. The molecule has 0 radical (unpaired) electrons. The van der Waals surface area contributed by atoms with Crippen LogP contribution in [0, 0.1) is 25.2 Å². The summed E-state index contributed by atoms with van der Waals surface area (Å²) in [5, 5.41) is 9.88. The molecule has 0 amide bonds. The summed E-state index contributed by atoms with van der Waals surface area (Å²) in [5.41, 5.74) is 3.96. The molecule has 0 bridgehead atoms. The minimum absolute atomic E-state index is 0.127. The van der Waals surface area contributed by atoms with Crippen molar-refractivity contribution in [3.8, 4) is 17.7 Å². The molecule has 0 saturated carbocycles. The van der Waals surface area contributed by atoms with Gasteiger partial charge in [-0.25, -0.2) is 4.98 Å². The van der Waals surface area contributed by atoms with Crippen LogP contribution in [-0.4, -0.2) is 19.4 Å². The number of ether oxygens (including phenoxy) is 1. The Morgan fingerprint density at radius 2 is 1.85 bits per heavy atom. The van der Waals surface area contributed by atoms with E-state index in [0.29, 0.717) is 17.2 Å². The standard InChI is InChI=1S/C26H19N5O2/c1-16-9-11-19(12-10-16)33-25-20(26(32)31-13-5-6-17(2)24(31)30-25)14-18(15-27)23-28-21-7-3-4-8-22(21)29-23/h3-14H,1-2H3,(H,28,29). The van der Waals surface area contributed by atoms with Crippen molar-refractivity contribution in [2.24, 2.45) is 0 Å². The maximum atomic E-state index is 13.5. The molecule has 2 aromatic carbocycles. The maximum Gasteiger partial charge on any atom is 0.269 e. The first-order chi connectivity index (χ1) is 16.0. The predicted molar refractivity (Wildman–Crippen MR) is 127 cm³/mol. The third kappa shape index (κ3) is 3.75. The quantitative estimate of drug-likeness (QED) is 0.400. The van der Waals surface area contributed by atoms with Crippen LogP contribution in [0.4, 0.5) is 0 Å². The number of para-hydroxylation sites is 2. The number of hydrogen-bond donors (Lipinski definition) is 1. The molecule has 0 atom stereocenters. The van der Waals surface area contributed by atoms with Gasteiger partial charge < -0.3 is 9.72 Å². The highest BCUT2D eigenvalue weighted by atomic mass is 16.5. The molecule has 7 heteroatoms. The van der Waals surface area contributed by atoms with E-state index in [2.05, 4.69) is 21.0 Å². The maximum absolute atomic E-state index is 13.5. The van der Waals surface area contributed by atoms with Gasteiger partial charge >= 0.3 is 0 Å². The van der Waals surface area contributed by atoms with Crippen molar-refractivity contribution in [2.45, 2.75) is 13.8 Å². The number of nitrogens with zero attached hydrogens (tertiary/aromatic N) is 4. The molecule has 3 aromatic heterocycles. The van der Waals surface area contributed by atoms with Crippen LogP contribution in [0.5, 0.6) is 11.6 Å². The molecular weight excluding hydrogens is 414 g/mol. The van der Waals surface area contributed by atoms with Crippen molar-refractivity contribution in [1.82, 2.24) is 19.4 Å². The molecule has 0 aliphatic rings. The number of pyridine rings is 1. The average molecular weight is 433 g/mol. The van der Waals surface area contributed by atoms with E-state index in [9.17, 15) is 10.1 Å². The Bertz CT molecular complexity index is 1600. The second-order valence-electron chi connectivity index (χ2n) is 7.71. The topological polar surface area (TPSA) is 96.1 Å². The summed E-state index contributed by atoms with van der Waals surface area (Å²) in [6, 6.07) is 20.8. The normalized spacial score (nSPS) is 11.6. The van der Waals surface area contributed by atoms with E-state index < -0.39 is 0 Å². The van der Waals surface area contributed by atoms with Gasteiger partial charge in [-0.1, -0.05) is 35.9 Å². The lowest BCUT2D eigenvalue weighted by atomic mass is 10.1. The number of imidazole rings is 1. The molecule has 160 valence electrons. The first kappa shape index (κ1) is 20.2. The van der Waals surface area contributed by atoms with Gasteiger partial charge in [-0.2, -0.15) is 10.2 Å². The van der Waals surface area contributed by atoms with Crippen LogP contribution in [0.15, 0.2) is 71.7 Å². The molecule has 3 heterocycles. The van der Waals surface area contributed by atoms with E-state index in [1.54, 1.807) is 12.3 Å². The summed E-state index contributed by atoms with van der Waals surface area (Å²) in [6.45, 7) is 3.86. The predicted octanol–water partition coefficient (Wildman–Crippen LogP) is 5.04. The molecule has 0 unspecified atom stereocenters. The molecule has 5 aromatic rings. The molecule has 0 fully saturated rings. The zero-order valence-electron chi connectivity index (χ0n) is 18.0. The summed E-state index contributed by atoms with van der Waals surface area (Å²) >= 11 is 0. The van der Waals surface area contributed by atoms with E-state index >= 15 is 0 Å². The average Bonchev–Trinajstić information content (AvgIpc) is 3.25. The summed E-state index contributed by atoms with van der Waals surface area (Å²) in [5.74, 6) is 1.04. The van der Waals surface area contributed by atoms with Crippen LogP contribution >= 0.6 is 0 Å². The van der Waals surface area contributed by atoms with Crippen LogP contribution < -0.4 is 10.3 Å². The van der Waals surface area contributed by atoms with Crippen molar-refractivity contribution in [3.05, 3.63) is 99.7 Å². The summed E-state index contributed by atoms with van der Waals surface area (Å²) in [7, 11) is 0. The number of fused-ring (bicyclic) bond motifs is 2. The number of aromatic nitrogens is 4. The van der Waals surface area contributed by atoms with E-state index in [1.165, 1.54) is 10.5 Å². The lowest BCUT2D eigenvalue weighted by Gasteiger charge is -2.11. The molecule has 33 heavy (non-hydrogen) atoms. The van der Waals surface area contributed by atoms with E-state index in [1.807, 2.05) is 68.4 Å². The molecule has 0 saturated heterocycles. The Labute approximate surface area is 189 Å². The van der Waals surface area contributed by atoms with E-state index in [4.69, 9.17) is 4.74 Å². The van der Waals surface area contributed by atoms with Crippen molar-refractivity contribution in [1.29, 1.82) is 5.26 Å². The zero-order chi connectivity index (χ0) is 22.9. The number of aromatic amines is 1. The van der Waals surface area contributed by atoms with Gasteiger partial charge in [-0.3, -0.25) is 9.20 Å². The third-order valence-corrected chi connectivity index (χ3v) is 5.34. The highest BCUT2D eigenvalue weighted by Crippen LogP contribution is 2.27. The van der Waals surface area contributed by atoms with Crippen molar-refractivity contribution in [3.63, 3.8) is 0 Å². The first-order valence-electron chi connectivity index (χ1n) is 10.4. The van der Waals surface area contributed by atoms with Gasteiger partial charge in [-0.15, -0.1) is 0 Å². The van der Waals surface area contributed by atoms with Gasteiger partial charge in [0.15, 0.2) is 0 Å². The summed E-state index contributed by atoms with van der Waals surface area (Å²) < 4.78 is 7.49. The molecule has 7 nitrogen and oxygen atoms in total. The minimum atomic E-state index is -0.338. The number of rotatable bonds is 4. The van der Waals surface area contributed by atoms with Gasteiger partial charge in [0.25, 0.3) is 5.56 Å². The van der Waals surface area contributed by atoms with Crippen LogP contribution in [0.3, 0.4) is 0 Å². The van der Waals surface area contributed by atoms with E-state index in [-0.39, 0.29) is 22.6 Å². The number of nitriles is 1. The van der Waals surface area contributed by atoms with Gasteiger partial charge in [0.2, 0.25) is 5.88 Å². The van der Waals surface area contributed by atoms with Gasteiger partial charge in [-0.05, 0) is 55.8 Å². The molecule has 5 rings (SSSR count). The molecule has 0 spiro atoms. The Balaban J connectivity index is 1.72. The Hall–Kier alpha value is -4.70. The number of H-pyrrole nitrogens is 1. The Morgan fingerprint density at radius 3 is 2.61 bits per heavy atom. The second kappa shape index (κ2) is 8.09. The number of nitrogens with one attached hydrogen (secondary N) is 1. The molecular formula is C26H19N5O2. The van der Waals surface area contributed by atoms with Crippen molar-refractivity contribution < 1.29 is 4.74 Å². The van der Waals surface area contributed by atoms with Crippen LogP contribution in [0.1, 0.15) is 22.5 Å². The molecule has 0 aliphatic heterocycles. The van der Waals surface area contributed by atoms with Crippen LogP contribution in [-0.2, 0) is 0 Å². The SMILES string of the molecule is Cc1ccc(Oc2nc3c(C)cccn3c(=O)c2C=C(C#N)c2nc3ccccc3[nH]2)cc1. The smallest absolute Gasteiger partial charge is 0.269 e. The lowest BCUT2D eigenvalue weighted by Crippen LogP contribution is -2.19. The van der Waals surface area contributed by atoms with Gasteiger partial charge in [0.1, 0.15) is 28.9 Å². The number of aryl methyl sites for hydroxylation is 2. The largest absolute Gasteiger partial charge is 0.438 e. The van der Waals surface area contributed by atoms with Gasteiger partial charge in [0, 0.05) is 6.20 Å². The summed E-state index contributed by atoms with van der Waals surface area (Å²) in [4.78, 5) is 25.7. The minimum Gasteiger partial charge on any atom is -0.438 e. The Kier molecular flexibility index (Phi) is 4.96. The molecule has 0 aliphatic carbocycles. The van der Waals surface area contributed by atoms with Crippen molar-refractivity contribution >= 4 is 28.3 Å². The van der Waals surface area contributed by atoms with E-state index in [0.717, 1.165) is 22.2 Å². The van der Waals surface area contributed by atoms with Crippen molar-refractivity contribution in [2.75, 3.05) is 0 Å². The number of allylic oxidation sites excluding steroid dienone is 1. The fraction of sp³-hybridized carbons (Fsp3) is 0.0769. The monoisotopic (exact) mass is 433 g/mol. The first-order valence-corrected chi connectivity index (χ1v) is 10.4. The second-order valence-corrected chi connectivity index (χ2v) is 7.71.